The molecule has 0 saturated carbocycles. The molecule has 0 N–H and O–H groups in total. The van der Waals surface area contributed by atoms with Crippen molar-refractivity contribution in [3.05, 3.63) is 0 Å². The van der Waals surface area contributed by atoms with Crippen LogP contribution in [0.2, 0.25) is 0 Å². The molecule has 0 aliphatic heterocycles. The summed E-state index contributed by atoms with van der Waals surface area (Å²) in [4.78, 5) is 24.5. The molecule has 0 spiro atoms. The summed E-state index contributed by atoms with van der Waals surface area (Å²) in [5.74, 6) is -0.990. The normalized spacial score (nSPS) is 12.7. The van der Waals surface area contributed by atoms with E-state index in [4.69, 9.17) is 20.0 Å². The van der Waals surface area contributed by atoms with E-state index in [-0.39, 0.29) is 0 Å². The van der Waals surface area contributed by atoms with Gasteiger partial charge >= 0.3 is 11.9 Å². The molecule has 0 amide bonds. The average Bonchev–Trinajstić information content (AvgIpc) is 2.69. The smallest absolute Gasteiger partial charge is 0.332 e. The Labute approximate surface area is 167 Å². The largest absolute Gasteiger partial charge is 0.464 e. The molecule has 0 aromatic heterocycles. The number of nitriles is 2. The maximum atomic E-state index is 12.2. The van der Waals surface area contributed by atoms with Crippen molar-refractivity contribution in [2.24, 2.45) is 10.2 Å². The number of nitrogens with zero attached hydrogens (tertiary/aromatic N) is 4. The topological polar surface area (TPSA) is 125 Å². The molecular weight excluding hydrogens is 360 g/mol. The van der Waals surface area contributed by atoms with E-state index in [9.17, 15) is 9.59 Å². The lowest BCUT2D eigenvalue weighted by Crippen LogP contribution is -2.25. The standard InChI is InChI=1S/C20H32N4O4/c1-3-5-15-27-19(25)17(11-7-9-13-21)23-24-18(12-8-10-14-22)20(26)28-16-6-4-2/h17-18H,3-12,15-16H2,1-2H3. The van der Waals surface area contributed by atoms with Gasteiger partial charge in [0.2, 0.25) is 0 Å². The zero-order valence-electron chi connectivity index (χ0n) is 17.1. The molecule has 0 fully saturated rings. The summed E-state index contributed by atoms with van der Waals surface area (Å²) in [5, 5.41) is 25.5. The number of rotatable bonds is 16. The third-order valence-corrected chi connectivity index (χ3v) is 3.91. The van der Waals surface area contributed by atoms with E-state index in [1.54, 1.807) is 0 Å². The Morgan fingerprint density at radius 1 is 0.786 bits per heavy atom. The zero-order chi connectivity index (χ0) is 21.0. The number of hydrogen-bond donors (Lipinski definition) is 0. The molecule has 8 nitrogen and oxygen atoms in total. The van der Waals surface area contributed by atoms with E-state index in [1.165, 1.54) is 0 Å². The number of unbranched alkanes of at least 4 members (excludes halogenated alkanes) is 4. The summed E-state index contributed by atoms with van der Waals surface area (Å²) in [6, 6.07) is 2.38. The quantitative estimate of drug-likeness (QED) is 0.220. The molecule has 8 heteroatoms. The molecule has 0 bridgehead atoms. The Balaban J connectivity index is 5.02. The average molecular weight is 393 g/mol. The van der Waals surface area contributed by atoms with Gasteiger partial charge in [0.25, 0.3) is 0 Å². The minimum Gasteiger partial charge on any atom is -0.464 e. The van der Waals surface area contributed by atoms with Gasteiger partial charge in [0.15, 0.2) is 12.1 Å². The maximum Gasteiger partial charge on any atom is 0.332 e. The van der Waals surface area contributed by atoms with Gasteiger partial charge in [-0.05, 0) is 38.5 Å². The van der Waals surface area contributed by atoms with Crippen LogP contribution in [-0.4, -0.2) is 37.2 Å². The monoisotopic (exact) mass is 392 g/mol. The van der Waals surface area contributed by atoms with Crippen LogP contribution in [0.15, 0.2) is 10.2 Å². The third-order valence-electron chi connectivity index (χ3n) is 3.91. The fourth-order valence-electron chi connectivity index (χ4n) is 2.18. The van der Waals surface area contributed by atoms with Crippen molar-refractivity contribution in [2.45, 2.75) is 90.1 Å². The molecule has 0 aliphatic rings. The fourth-order valence-corrected chi connectivity index (χ4v) is 2.18. The zero-order valence-corrected chi connectivity index (χ0v) is 17.1. The first-order valence-corrected chi connectivity index (χ1v) is 10.1. The highest BCUT2D eigenvalue weighted by molar-refractivity contribution is 5.77. The predicted molar refractivity (Wildman–Crippen MR) is 103 cm³/mol. The van der Waals surface area contributed by atoms with Crippen LogP contribution in [0.3, 0.4) is 0 Å². The van der Waals surface area contributed by atoms with E-state index >= 15 is 0 Å². The number of azo groups is 1. The molecule has 2 unspecified atom stereocenters. The second-order valence-electron chi connectivity index (χ2n) is 6.41. The molecule has 0 radical (unpaired) electrons. The SMILES string of the molecule is CCCCOC(=O)C(CCCC#N)N=NC(CCCC#N)C(=O)OCCCC. The summed E-state index contributed by atoms with van der Waals surface area (Å²) in [6.07, 6.45) is 5.57. The minimum atomic E-state index is -0.841. The predicted octanol–water partition coefficient (Wildman–Crippen LogP) is 4.25. The van der Waals surface area contributed by atoms with Crippen molar-refractivity contribution in [1.82, 2.24) is 0 Å². The van der Waals surface area contributed by atoms with Crippen molar-refractivity contribution >= 4 is 11.9 Å². The Morgan fingerprint density at radius 3 is 1.50 bits per heavy atom. The molecule has 0 rings (SSSR count). The summed E-state index contributed by atoms with van der Waals surface area (Å²) in [6.45, 7) is 4.61. The van der Waals surface area contributed by atoms with E-state index in [0.717, 1.165) is 25.7 Å². The number of hydrogen-bond acceptors (Lipinski definition) is 8. The van der Waals surface area contributed by atoms with Gasteiger partial charge in [0, 0.05) is 12.8 Å². The molecule has 28 heavy (non-hydrogen) atoms. The highest BCUT2D eigenvalue weighted by atomic mass is 16.5. The Bertz CT molecular complexity index is 503. The molecule has 0 heterocycles. The van der Waals surface area contributed by atoms with E-state index in [2.05, 4.69) is 10.2 Å². The van der Waals surface area contributed by atoms with Gasteiger partial charge in [0.05, 0.1) is 25.4 Å². The number of carbonyl (C=O) groups is 2. The highest BCUT2D eigenvalue weighted by Gasteiger charge is 2.23. The lowest BCUT2D eigenvalue weighted by Gasteiger charge is -2.13. The van der Waals surface area contributed by atoms with Crippen LogP contribution in [0.25, 0.3) is 0 Å². The molecule has 0 aliphatic carbocycles. The van der Waals surface area contributed by atoms with E-state index in [0.29, 0.717) is 51.7 Å². The second-order valence-corrected chi connectivity index (χ2v) is 6.41. The Kier molecular flexibility index (Phi) is 16.3. The second kappa shape index (κ2) is 17.9. The minimum absolute atomic E-state index is 0.304. The van der Waals surface area contributed by atoms with Crippen LogP contribution in [0.5, 0.6) is 0 Å². The van der Waals surface area contributed by atoms with Gasteiger partial charge < -0.3 is 9.47 Å². The van der Waals surface area contributed by atoms with Gasteiger partial charge in [-0.15, -0.1) is 0 Å². The van der Waals surface area contributed by atoms with Crippen molar-refractivity contribution in [3.63, 3.8) is 0 Å². The first-order chi connectivity index (χ1) is 13.6. The van der Waals surface area contributed by atoms with Crippen LogP contribution < -0.4 is 0 Å². The molecule has 0 aromatic rings. The Hall–Kier alpha value is -2.48. The lowest BCUT2D eigenvalue weighted by atomic mass is 10.1. The first kappa shape index (κ1) is 25.5. The van der Waals surface area contributed by atoms with E-state index in [1.807, 2.05) is 26.0 Å². The van der Waals surface area contributed by atoms with Gasteiger partial charge in [0.1, 0.15) is 0 Å². The van der Waals surface area contributed by atoms with Gasteiger partial charge in [-0.2, -0.15) is 20.8 Å². The van der Waals surface area contributed by atoms with Gasteiger partial charge in [-0.3, -0.25) is 0 Å². The summed E-state index contributed by atoms with van der Waals surface area (Å²) >= 11 is 0. The van der Waals surface area contributed by atoms with Crippen LogP contribution >= 0.6 is 0 Å². The first-order valence-electron chi connectivity index (χ1n) is 10.1. The van der Waals surface area contributed by atoms with Crippen molar-refractivity contribution < 1.29 is 19.1 Å². The fraction of sp³-hybridized carbons (Fsp3) is 0.800. The molecule has 156 valence electrons. The van der Waals surface area contributed by atoms with Gasteiger partial charge in [-0.1, -0.05) is 26.7 Å². The molecular formula is C20H32N4O4. The summed E-state index contributed by atoms with van der Waals surface area (Å²) in [7, 11) is 0. The van der Waals surface area contributed by atoms with Crippen molar-refractivity contribution in [3.8, 4) is 12.1 Å². The number of esters is 2. The Morgan fingerprint density at radius 2 is 1.18 bits per heavy atom. The molecule has 0 aromatic carbocycles. The van der Waals surface area contributed by atoms with Crippen molar-refractivity contribution in [2.75, 3.05) is 13.2 Å². The molecule has 2 atom stereocenters. The summed E-state index contributed by atoms with van der Waals surface area (Å²) in [5.41, 5.74) is 0. The van der Waals surface area contributed by atoms with Crippen LogP contribution in [0.1, 0.15) is 78.1 Å². The van der Waals surface area contributed by atoms with E-state index < -0.39 is 24.0 Å². The van der Waals surface area contributed by atoms with Crippen LogP contribution in [0.4, 0.5) is 0 Å². The highest BCUT2D eigenvalue weighted by Crippen LogP contribution is 2.13. The van der Waals surface area contributed by atoms with Crippen molar-refractivity contribution in [1.29, 1.82) is 10.5 Å². The third kappa shape index (κ3) is 12.8. The van der Waals surface area contributed by atoms with Crippen LogP contribution in [-0.2, 0) is 19.1 Å². The molecule has 0 saturated heterocycles. The maximum absolute atomic E-state index is 12.2. The number of ether oxygens (including phenoxy) is 2. The van der Waals surface area contributed by atoms with Gasteiger partial charge in [-0.25, -0.2) is 9.59 Å². The number of carbonyl (C=O) groups excluding carboxylic acids is 2. The van der Waals surface area contributed by atoms with Crippen LogP contribution in [0, 0.1) is 22.7 Å². The summed E-state index contributed by atoms with van der Waals surface area (Å²) < 4.78 is 10.4. The lowest BCUT2D eigenvalue weighted by molar-refractivity contribution is -0.147.